The lowest BCUT2D eigenvalue weighted by atomic mass is 9.96. The van der Waals surface area contributed by atoms with Gasteiger partial charge in [-0.2, -0.15) is 5.10 Å². The van der Waals surface area contributed by atoms with E-state index in [1.54, 1.807) is 25.3 Å². The zero-order valence-corrected chi connectivity index (χ0v) is 18.2. The summed E-state index contributed by atoms with van der Waals surface area (Å²) >= 11 is 0. The molecule has 0 aliphatic heterocycles. The molecule has 0 bridgehead atoms. The summed E-state index contributed by atoms with van der Waals surface area (Å²) in [5, 5.41) is 18.0. The largest absolute Gasteiger partial charge is 0.504 e. The SMILES string of the molecule is CCCCCOc1ccc(-c2[nH]ncc2C(C)C(=O)NN)c(O)c1OCCCCC. The summed E-state index contributed by atoms with van der Waals surface area (Å²) in [7, 11) is 0. The number of carbonyl (C=O) groups is 1. The fraction of sp³-hybridized carbons (Fsp3) is 0.545. The molecule has 0 radical (unpaired) electrons. The van der Waals surface area contributed by atoms with E-state index in [9.17, 15) is 9.90 Å². The topological polar surface area (TPSA) is 122 Å². The predicted octanol–water partition coefficient (Wildman–Crippen LogP) is 4.01. The van der Waals surface area contributed by atoms with Crippen LogP contribution in [0.15, 0.2) is 18.3 Å². The Morgan fingerprint density at radius 3 is 2.47 bits per heavy atom. The van der Waals surface area contributed by atoms with Crippen LogP contribution in [0.1, 0.15) is 70.8 Å². The second-order valence-corrected chi connectivity index (χ2v) is 7.33. The lowest BCUT2D eigenvalue weighted by Gasteiger charge is -2.17. The number of aromatic nitrogens is 2. The molecule has 0 saturated carbocycles. The highest BCUT2D eigenvalue weighted by molar-refractivity contribution is 5.86. The third-order valence-corrected chi connectivity index (χ3v) is 5.04. The first-order chi connectivity index (χ1) is 14.5. The lowest BCUT2D eigenvalue weighted by Crippen LogP contribution is -2.33. The van der Waals surface area contributed by atoms with Crippen LogP contribution in [0.25, 0.3) is 11.3 Å². The highest BCUT2D eigenvalue weighted by atomic mass is 16.5. The van der Waals surface area contributed by atoms with E-state index in [-0.39, 0.29) is 11.7 Å². The van der Waals surface area contributed by atoms with Crippen molar-refractivity contribution in [1.82, 2.24) is 15.6 Å². The number of phenols is 1. The fourth-order valence-corrected chi connectivity index (χ4v) is 3.17. The predicted molar refractivity (Wildman–Crippen MR) is 116 cm³/mol. The van der Waals surface area contributed by atoms with Crippen LogP contribution in [0.2, 0.25) is 0 Å². The number of aromatic hydroxyl groups is 1. The zero-order valence-electron chi connectivity index (χ0n) is 18.2. The van der Waals surface area contributed by atoms with Gasteiger partial charge in [-0.15, -0.1) is 0 Å². The third-order valence-electron chi connectivity index (χ3n) is 5.04. The molecule has 1 aromatic carbocycles. The molecule has 166 valence electrons. The van der Waals surface area contributed by atoms with Crippen LogP contribution in [0.3, 0.4) is 0 Å². The minimum Gasteiger partial charge on any atom is -0.504 e. The summed E-state index contributed by atoms with van der Waals surface area (Å²) < 4.78 is 11.8. The van der Waals surface area contributed by atoms with Gasteiger partial charge in [0.2, 0.25) is 11.7 Å². The van der Waals surface area contributed by atoms with E-state index < -0.39 is 5.92 Å². The van der Waals surface area contributed by atoms with Crippen LogP contribution < -0.4 is 20.7 Å². The molecular weight excluding hydrogens is 384 g/mol. The van der Waals surface area contributed by atoms with Crippen molar-refractivity contribution < 1.29 is 19.4 Å². The number of rotatable bonds is 13. The van der Waals surface area contributed by atoms with E-state index in [0.29, 0.717) is 41.5 Å². The van der Waals surface area contributed by atoms with Crippen molar-refractivity contribution >= 4 is 5.91 Å². The van der Waals surface area contributed by atoms with Crippen LogP contribution in [-0.2, 0) is 4.79 Å². The van der Waals surface area contributed by atoms with Crippen molar-refractivity contribution in [1.29, 1.82) is 0 Å². The minimum absolute atomic E-state index is 0.0367. The monoisotopic (exact) mass is 418 g/mol. The number of H-pyrrole nitrogens is 1. The Kier molecular flexibility index (Phi) is 9.47. The summed E-state index contributed by atoms with van der Waals surface area (Å²) in [6, 6.07) is 3.53. The smallest absolute Gasteiger partial charge is 0.241 e. The van der Waals surface area contributed by atoms with Gasteiger partial charge in [-0.3, -0.25) is 15.3 Å². The summed E-state index contributed by atoms with van der Waals surface area (Å²) in [5.74, 6) is 5.18. The molecule has 5 N–H and O–H groups in total. The molecule has 1 atom stereocenters. The number of hydrazine groups is 1. The van der Waals surface area contributed by atoms with E-state index in [1.807, 2.05) is 0 Å². The molecule has 0 saturated heterocycles. The quantitative estimate of drug-likeness (QED) is 0.169. The van der Waals surface area contributed by atoms with Crippen molar-refractivity contribution in [3.8, 4) is 28.5 Å². The molecule has 0 aliphatic carbocycles. The number of nitrogens with zero attached hydrogens (tertiary/aromatic N) is 1. The van der Waals surface area contributed by atoms with Gasteiger partial charge in [0.15, 0.2) is 11.5 Å². The number of hydrogen-bond donors (Lipinski definition) is 4. The maximum Gasteiger partial charge on any atom is 0.241 e. The van der Waals surface area contributed by atoms with Gasteiger partial charge in [0, 0.05) is 11.1 Å². The van der Waals surface area contributed by atoms with E-state index in [4.69, 9.17) is 15.3 Å². The maximum absolute atomic E-state index is 12.0. The van der Waals surface area contributed by atoms with Crippen LogP contribution >= 0.6 is 0 Å². The molecule has 2 rings (SSSR count). The van der Waals surface area contributed by atoms with Gasteiger partial charge >= 0.3 is 0 Å². The number of amides is 1. The standard InChI is InChI=1S/C22H34N4O4/c1-4-6-8-12-29-18-11-10-16(20(27)21(18)30-13-9-7-5-2)19-17(14-24-26-19)15(3)22(28)25-23/h10-11,14-15,27H,4-9,12-13,23H2,1-3H3,(H,24,26)(H,25,28). The van der Waals surface area contributed by atoms with Crippen LogP contribution in [0.5, 0.6) is 17.2 Å². The molecule has 8 nitrogen and oxygen atoms in total. The average Bonchev–Trinajstić information content (AvgIpc) is 3.24. The molecule has 8 heteroatoms. The number of nitrogens with one attached hydrogen (secondary N) is 2. The number of hydrogen-bond acceptors (Lipinski definition) is 6. The summed E-state index contributed by atoms with van der Waals surface area (Å²) in [4.78, 5) is 12.0. The second kappa shape index (κ2) is 12.1. The number of aromatic amines is 1. The lowest BCUT2D eigenvalue weighted by molar-refractivity contribution is -0.122. The molecule has 0 fully saturated rings. The van der Waals surface area contributed by atoms with E-state index in [1.165, 1.54) is 0 Å². The maximum atomic E-state index is 12.0. The number of ether oxygens (including phenoxy) is 2. The number of nitrogens with two attached hydrogens (primary N) is 1. The first-order valence-corrected chi connectivity index (χ1v) is 10.7. The molecule has 0 spiro atoms. The number of phenolic OH excluding ortho intramolecular Hbond substituents is 1. The van der Waals surface area contributed by atoms with Crippen molar-refractivity contribution in [2.75, 3.05) is 13.2 Å². The number of unbranched alkanes of at least 4 members (excludes halogenated alkanes) is 4. The molecule has 1 amide bonds. The summed E-state index contributed by atoms with van der Waals surface area (Å²) in [6.07, 6.45) is 7.69. The normalized spacial score (nSPS) is 11.9. The first kappa shape index (κ1) is 23.5. The molecule has 1 aromatic heterocycles. The Morgan fingerprint density at radius 2 is 1.83 bits per heavy atom. The van der Waals surface area contributed by atoms with E-state index >= 15 is 0 Å². The Bertz CT molecular complexity index is 806. The van der Waals surface area contributed by atoms with Crippen molar-refractivity contribution in [3.63, 3.8) is 0 Å². The summed E-state index contributed by atoms with van der Waals surface area (Å²) in [6.45, 7) is 7.02. The van der Waals surface area contributed by atoms with Gasteiger partial charge in [-0.1, -0.05) is 39.5 Å². The van der Waals surface area contributed by atoms with Gasteiger partial charge in [-0.25, -0.2) is 5.84 Å². The summed E-state index contributed by atoms with van der Waals surface area (Å²) in [5.41, 5.74) is 3.81. The van der Waals surface area contributed by atoms with Gasteiger partial charge in [0.25, 0.3) is 0 Å². The Balaban J connectivity index is 2.35. The number of carbonyl (C=O) groups excluding carboxylic acids is 1. The van der Waals surface area contributed by atoms with E-state index in [0.717, 1.165) is 38.5 Å². The van der Waals surface area contributed by atoms with Gasteiger partial charge in [-0.05, 0) is 31.9 Å². The fourth-order valence-electron chi connectivity index (χ4n) is 3.17. The molecule has 1 heterocycles. The van der Waals surface area contributed by atoms with E-state index in [2.05, 4.69) is 29.5 Å². The van der Waals surface area contributed by atoms with Crippen LogP contribution in [0, 0.1) is 0 Å². The van der Waals surface area contributed by atoms with Crippen LogP contribution in [-0.4, -0.2) is 34.4 Å². The highest BCUT2D eigenvalue weighted by Crippen LogP contribution is 2.45. The van der Waals surface area contributed by atoms with Crippen molar-refractivity contribution in [2.45, 2.75) is 65.2 Å². The van der Waals surface area contributed by atoms with Crippen molar-refractivity contribution in [2.24, 2.45) is 5.84 Å². The van der Waals surface area contributed by atoms with Gasteiger partial charge in [0.1, 0.15) is 0 Å². The zero-order chi connectivity index (χ0) is 21.9. The van der Waals surface area contributed by atoms with Crippen molar-refractivity contribution in [3.05, 3.63) is 23.9 Å². The molecule has 1 unspecified atom stereocenters. The van der Waals surface area contributed by atoms with Crippen LogP contribution in [0.4, 0.5) is 0 Å². The molecular formula is C22H34N4O4. The first-order valence-electron chi connectivity index (χ1n) is 10.7. The Morgan fingerprint density at radius 1 is 1.17 bits per heavy atom. The Hall–Kier alpha value is -2.74. The van der Waals surface area contributed by atoms with Gasteiger partial charge in [0.05, 0.1) is 31.0 Å². The second-order valence-electron chi connectivity index (χ2n) is 7.33. The number of benzene rings is 1. The highest BCUT2D eigenvalue weighted by Gasteiger charge is 2.24. The minimum atomic E-state index is -0.540. The molecule has 2 aromatic rings. The molecule has 30 heavy (non-hydrogen) atoms. The average molecular weight is 419 g/mol. The third kappa shape index (κ3) is 5.89. The Labute approximate surface area is 178 Å². The molecule has 0 aliphatic rings. The van der Waals surface area contributed by atoms with Gasteiger partial charge < -0.3 is 14.6 Å².